The molecule has 9 rings (SSSR count). The van der Waals surface area contributed by atoms with Crippen molar-refractivity contribution in [3.63, 3.8) is 0 Å². The fourth-order valence-corrected chi connectivity index (χ4v) is 10.0. The number of nitrogen functional groups attached to an aromatic ring is 2. The summed E-state index contributed by atoms with van der Waals surface area (Å²) in [6.45, 7) is 11.3. The number of nitrogens with zero attached hydrogens (tertiary/aromatic N) is 10. The third-order valence-corrected chi connectivity index (χ3v) is 13.8. The number of piperidine rings is 4. The molecule has 0 spiro atoms. The van der Waals surface area contributed by atoms with Gasteiger partial charge in [0.15, 0.2) is 5.78 Å². The Balaban J connectivity index is 0.000000199. The van der Waals surface area contributed by atoms with Gasteiger partial charge in [0, 0.05) is 87.7 Å². The van der Waals surface area contributed by atoms with E-state index in [1.54, 1.807) is 24.7 Å². The molecule has 5 aliphatic rings. The second-order valence-corrected chi connectivity index (χ2v) is 18.3. The lowest BCUT2D eigenvalue weighted by atomic mass is 9.88. The van der Waals surface area contributed by atoms with Gasteiger partial charge in [0.25, 0.3) is 0 Å². The molecule has 0 aliphatic carbocycles. The Morgan fingerprint density at radius 2 is 0.985 bits per heavy atom. The van der Waals surface area contributed by atoms with E-state index < -0.39 is 0 Å². The summed E-state index contributed by atoms with van der Waals surface area (Å²) in [4.78, 5) is 64.7. The van der Waals surface area contributed by atoms with E-state index in [1.807, 2.05) is 65.7 Å². The van der Waals surface area contributed by atoms with Crippen LogP contribution in [0.3, 0.4) is 0 Å². The van der Waals surface area contributed by atoms with Gasteiger partial charge in [-0.3, -0.25) is 39.2 Å². The molecule has 16 heteroatoms. The van der Waals surface area contributed by atoms with Gasteiger partial charge < -0.3 is 26.0 Å². The van der Waals surface area contributed by atoms with Crippen LogP contribution in [-0.2, 0) is 27.4 Å². The first-order valence-electron chi connectivity index (χ1n) is 24.0. The van der Waals surface area contributed by atoms with Gasteiger partial charge in [0.2, 0.25) is 11.8 Å². The predicted molar refractivity (Wildman–Crippen MR) is 260 cm³/mol. The highest BCUT2D eigenvalue weighted by Gasteiger charge is 2.35. The van der Waals surface area contributed by atoms with Crippen molar-refractivity contribution in [2.75, 3.05) is 90.1 Å². The molecule has 0 saturated carbocycles. The number of rotatable bonds is 11. The van der Waals surface area contributed by atoms with Crippen LogP contribution in [0.1, 0.15) is 86.1 Å². The number of anilines is 2. The molecule has 0 radical (unpaired) electrons. The van der Waals surface area contributed by atoms with E-state index in [9.17, 15) is 14.4 Å². The minimum absolute atomic E-state index is 0. The average Bonchev–Trinajstić information content (AvgIpc) is 3.37. The summed E-state index contributed by atoms with van der Waals surface area (Å²) >= 11 is 0. The van der Waals surface area contributed by atoms with Crippen molar-refractivity contribution < 1.29 is 19.1 Å². The molecule has 5 saturated heterocycles. The van der Waals surface area contributed by atoms with Crippen LogP contribution in [0.2, 0.25) is 0 Å². The van der Waals surface area contributed by atoms with Crippen LogP contribution < -0.4 is 11.5 Å². The van der Waals surface area contributed by atoms with E-state index in [2.05, 4.69) is 39.6 Å². The molecule has 5 aliphatic heterocycles. The number of aromatic nitrogens is 4. The number of pyridine rings is 4. The normalized spacial score (nSPS) is 19.8. The highest BCUT2D eigenvalue weighted by Crippen LogP contribution is 2.29. The number of hydrogen-bond donors (Lipinski definition) is 2. The largest absolute Gasteiger partial charge is 0.384 e. The fourth-order valence-electron chi connectivity index (χ4n) is 10.0. The zero-order valence-electron chi connectivity index (χ0n) is 38.2. The van der Waals surface area contributed by atoms with Crippen LogP contribution in [0.5, 0.6) is 0 Å². The van der Waals surface area contributed by atoms with Crippen molar-refractivity contribution in [3.05, 3.63) is 108 Å². The SMILES string of the molecule is C.Nc1cc(CN2CCC(C(=O)N3CCC(C(=NN4CCOCC4)c4ccccn4)CC3)CC2)ccn1.Nc1cc(CN2CCC(C(=O)N3CCC(C(=O)c4ccccn4)CC3)CC2)ccn1. The van der Waals surface area contributed by atoms with Crippen molar-refractivity contribution in [2.45, 2.75) is 71.9 Å². The number of likely N-dealkylation sites (tertiary alicyclic amines) is 4. The molecule has 358 valence electrons. The molecule has 0 aromatic carbocycles. The molecular formula is C51H70N12O4. The number of hydrogen-bond acceptors (Lipinski definition) is 14. The summed E-state index contributed by atoms with van der Waals surface area (Å²) in [6, 6.07) is 19.3. The van der Waals surface area contributed by atoms with Gasteiger partial charge in [-0.1, -0.05) is 19.6 Å². The van der Waals surface area contributed by atoms with Crippen molar-refractivity contribution >= 4 is 34.9 Å². The topological polar surface area (TPSA) is 193 Å². The van der Waals surface area contributed by atoms with E-state index in [0.29, 0.717) is 55.5 Å². The van der Waals surface area contributed by atoms with Gasteiger partial charge in [-0.05, 0) is 137 Å². The van der Waals surface area contributed by atoms with Crippen molar-refractivity contribution in [1.82, 2.24) is 44.5 Å². The summed E-state index contributed by atoms with van der Waals surface area (Å²) < 4.78 is 5.49. The molecule has 0 bridgehead atoms. The summed E-state index contributed by atoms with van der Waals surface area (Å²) in [6.07, 6.45) is 13.9. The highest BCUT2D eigenvalue weighted by atomic mass is 16.5. The van der Waals surface area contributed by atoms with E-state index in [4.69, 9.17) is 21.3 Å². The zero-order chi connectivity index (χ0) is 45.7. The molecule has 0 unspecified atom stereocenters. The lowest BCUT2D eigenvalue weighted by Gasteiger charge is -2.38. The maximum Gasteiger partial charge on any atom is 0.225 e. The van der Waals surface area contributed by atoms with Gasteiger partial charge in [-0.25, -0.2) is 9.97 Å². The maximum absolute atomic E-state index is 13.3. The van der Waals surface area contributed by atoms with Gasteiger partial charge in [0.05, 0.1) is 37.7 Å². The number of ether oxygens (including phenoxy) is 1. The lowest BCUT2D eigenvalue weighted by Crippen LogP contribution is -2.46. The second kappa shape index (κ2) is 24.3. The van der Waals surface area contributed by atoms with Crippen LogP contribution in [-0.4, -0.2) is 147 Å². The number of morpholine rings is 1. The molecule has 16 nitrogen and oxygen atoms in total. The second-order valence-electron chi connectivity index (χ2n) is 18.3. The monoisotopic (exact) mass is 915 g/mol. The summed E-state index contributed by atoms with van der Waals surface area (Å²) in [7, 11) is 0. The van der Waals surface area contributed by atoms with Gasteiger partial charge in [0.1, 0.15) is 17.3 Å². The maximum atomic E-state index is 13.3. The summed E-state index contributed by atoms with van der Waals surface area (Å²) in [5.74, 6) is 2.28. The summed E-state index contributed by atoms with van der Waals surface area (Å²) in [5, 5.41) is 7.13. The number of amides is 2. The smallest absolute Gasteiger partial charge is 0.225 e. The Bertz CT molecular complexity index is 2210. The highest BCUT2D eigenvalue weighted by molar-refractivity contribution is 6.00. The van der Waals surface area contributed by atoms with E-state index in [1.165, 1.54) is 5.56 Å². The molecule has 4 N–H and O–H groups in total. The fraction of sp³-hybridized carbons (Fsp3) is 0.529. The Morgan fingerprint density at radius 1 is 0.537 bits per heavy atom. The number of Topliss-reactive ketones (excluding diaryl/α,β-unsaturated/α-hetero) is 1. The lowest BCUT2D eigenvalue weighted by molar-refractivity contribution is -0.139. The first-order valence-corrected chi connectivity index (χ1v) is 24.0. The van der Waals surface area contributed by atoms with Crippen LogP contribution in [0.15, 0.2) is 90.6 Å². The Kier molecular flexibility index (Phi) is 17.8. The molecule has 9 heterocycles. The van der Waals surface area contributed by atoms with Gasteiger partial charge >= 0.3 is 0 Å². The van der Waals surface area contributed by atoms with E-state index in [-0.39, 0.29) is 36.9 Å². The minimum atomic E-state index is -0.0291. The Morgan fingerprint density at radius 3 is 1.43 bits per heavy atom. The molecule has 5 fully saturated rings. The number of carbonyl (C=O) groups excluding carboxylic acids is 3. The van der Waals surface area contributed by atoms with Crippen LogP contribution in [0, 0.1) is 23.7 Å². The molecule has 2 amide bonds. The standard InChI is InChI=1S/C27H37N7O2.C23H29N5O2.CH4/c28-25-19-21(4-10-30-25)20-32-11-5-23(6-12-32)27(35)33-13-7-22(8-14-33)26(24-3-1-2-9-29-24)31-34-15-17-36-18-16-34;24-21-15-17(4-10-26-21)16-27-11-5-19(6-12-27)23(30)28-13-7-18(8-14-28)22(29)20-3-1-2-9-25-20;/h1-4,9-10,19,22-23H,5-8,11-18,20H2,(H2,28,30);1-4,9-10,15,18-19H,5-8,11-14,16H2,(H2,24,26);1H4. The molecule has 4 aromatic heterocycles. The molecule has 0 atom stereocenters. The average molecular weight is 915 g/mol. The van der Waals surface area contributed by atoms with Crippen molar-refractivity contribution in [3.8, 4) is 0 Å². The first-order chi connectivity index (χ1) is 32.3. The Labute approximate surface area is 396 Å². The molecule has 67 heavy (non-hydrogen) atoms. The minimum Gasteiger partial charge on any atom is -0.384 e. The number of hydrazone groups is 1. The Hall–Kier alpha value is -5.84. The summed E-state index contributed by atoms with van der Waals surface area (Å²) in [5.41, 5.74) is 16.4. The first kappa shape index (κ1) is 49.1. The third kappa shape index (κ3) is 13.6. The number of carbonyl (C=O) groups is 3. The molecule has 4 aromatic rings. The molecular weight excluding hydrogens is 845 g/mol. The van der Waals surface area contributed by atoms with Gasteiger partial charge in [-0.15, -0.1) is 0 Å². The quantitative estimate of drug-likeness (QED) is 0.146. The third-order valence-electron chi connectivity index (χ3n) is 13.8. The number of nitrogens with two attached hydrogens (primary N) is 2. The van der Waals surface area contributed by atoms with E-state index in [0.717, 1.165) is 134 Å². The van der Waals surface area contributed by atoms with E-state index >= 15 is 0 Å². The number of ketones is 1. The van der Waals surface area contributed by atoms with Crippen LogP contribution >= 0.6 is 0 Å². The van der Waals surface area contributed by atoms with Crippen molar-refractivity contribution in [2.24, 2.45) is 28.8 Å². The predicted octanol–water partition coefficient (Wildman–Crippen LogP) is 5.27. The van der Waals surface area contributed by atoms with Crippen molar-refractivity contribution in [1.29, 1.82) is 0 Å². The van der Waals surface area contributed by atoms with Crippen LogP contribution in [0.4, 0.5) is 11.6 Å². The van der Waals surface area contributed by atoms with Gasteiger partial charge in [-0.2, -0.15) is 5.10 Å². The zero-order valence-corrected chi connectivity index (χ0v) is 38.2. The van der Waals surface area contributed by atoms with Crippen LogP contribution in [0.25, 0.3) is 0 Å².